The Bertz CT molecular complexity index is 448. The molecule has 0 spiro atoms. The maximum absolute atomic E-state index is 9.68. The topological polar surface area (TPSA) is 41.9 Å². The first-order chi connectivity index (χ1) is 10.1. The third-order valence-electron chi connectivity index (χ3n) is 4.20. The molecule has 0 radical (unpaired) electrons. The maximum atomic E-state index is 9.68. The lowest BCUT2D eigenvalue weighted by atomic mass is 9.96. The van der Waals surface area contributed by atoms with Crippen molar-refractivity contribution in [2.75, 3.05) is 20.8 Å². The molecule has 0 bridgehead atoms. The minimum Gasteiger partial charge on any atom is -0.493 e. The highest BCUT2D eigenvalue weighted by Gasteiger charge is 2.23. The summed E-state index contributed by atoms with van der Waals surface area (Å²) in [4.78, 5) is 2.48. The number of aliphatic hydroxyl groups is 1. The van der Waals surface area contributed by atoms with Gasteiger partial charge in [0.15, 0.2) is 11.5 Å². The van der Waals surface area contributed by atoms with E-state index in [9.17, 15) is 5.11 Å². The van der Waals surface area contributed by atoms with E-state index in [0.717, 1.165) is 31.0 Å². The smallest absolute Gasteiger partial charge is 0.161 e. The summed E-state index contributed by atoms with van der Waals surface area (Å²) >= 11 is 0. The first-order valence-corrected chi connectivity index (χ1v) is 7.77. The molecular weight excluding hydrogens is 266 g/mol. The van der Waals surface area contributed by atoms with E-state index in [1.165, 1.54) is 24.8 Å². The fraction of sp³-hybridized carbons (Fsp3) is 0.647. The molecule has 4 heteroatoms. The van der Waals surface area contributed by atoms with Crippen LogP contribution in [-0.2, 0) is 6.54 Å². The summed E-state index contributed by atoms with van der Waals surface area (Å²) in [7, 11) is 3.32. The Morgan fingerprint density at radius 1 is 1.24 bits per heavy atom. The lowest BCUT2D eigenvalue weighted by Gasteiger charge is -2.36. The average molecular weight is 293 g/mol. The third kappa shape index (κ3) is 4.35. The zero-order valence-corrected chi connectivity index (χ0v) is 13.3. The number of methoxy groups -OCH3 is 2. The largest absolute Gasteiger partial charge is 0.493 e. The lowest BCUT2D eigenvalue weighted by molar-refractivity contribution is 0.0817. The number of benzene rings is 1. The number of hydrogen-bond acceptors (Lipinski definition) is 4. The van der Waals surface area contributed by atoms with Gasteiger partial charge in [-0.2, -0.15) is 0 Å². The molecular formula is C17H27NO3. The molecule has 1 aromatic carbocycles. The molecule has 2 atom stereocenters. The van der Waals surface area contributed by atoms with E-state index >= 15 is 0 Å². The molecule has 1 aliphatic rings. The Morgan fingerprint density at radius 3 is 2.67 bits per heavy atom. The molecule has 1 fully saturated rings. The minimum atomic E-state index is -0.235. The summed E-state index contributed by atoms with van der Waals surface area (Å²) in [5, 5.41) is 9.68. The summed E-state index contributed by atoms with van der Waals surface area (Å²) in [6.07, 6.45) is 4.30. The molecule has 0 aliphatic carbocycles. The van der Waals surface area contributed by atoms with Crippen LogP contribution in [-0.4, -0.2) is 42.9 Å². The van der Waals surface area contributed by atoms with Crippen LogP contribution < -0.4 is 9.47 Å². The van der Waals surface area contributed by atoms with E-state index in [4.69, 9.17) is 9.47 Å². The van der Waals surface area contributed by atoms with Crippen LogP contribution >= 0.6 is 0 Å². The second-order valence-corrected chi connectivity index (χ2v) is 5.89. The molecule has 2 rings (SSSR count). The van der Waals surface area contributed by atoms with Gasteiger partial charge in [0.1, 0.15) is 0 Å². The Balaban J connectivity index is 2.08. The molecule has 4 nitrogen and oxygen atoms in total. The van der Waals surface area contributed by atoms with Gasteiger partial charge in [-0.15, -0.1) is 0 Å². The average Bonchev–Trinajstić information content (AvgIpc) is 2.48. The van der Waals surface area contributed by atoms with Crippen molar-refractivity contribution < 1.29 is 14.6 Å². The van der Waals surface area contributed by atoms with Gasteiger partial charge in [0.25, 0.3) is 0 Å². The predicted octanol–water partition coefficient (Wildman–Crippen LogP) is 2.83. The van der Waals surface area contributed by atoms with Gasteiger partial charge < -0.3 is 14.6 Å². The number of nitrogens with zero attached hydrogens (tertiary/aromatic N) is 1. The summed E-state index contributed by atoms with van der Waals surface area (Å²) in [6, 6.07) is 6.58. The molecule has 21 heavy (non-hydrogen) atoms. The summed E-state index contributed by atoms with van der Waals surface area (Å²) in [6.45, 7) is 3.88. The van der Waals surface area contributed by atoms with Crippen molar-refractivity contribution in [3.05, 3.63) is 23.8 Å². The maximum Gasteiger partial charge on any atom is 0.161 e. The van der Waals surface area contributed by atoms with E-state index in [1.807, 2.05) is 19.1 Å². The van der Waals surface area contributed by atoms with E-state index in [0.29, 0.717) is 6.04 Å². The number of piperidine rings is 1. The molecule has 0 aromatic heterocycles. The Hall–Kier alpha value is -1.26. The fourth-order valence-corrected chi connectivity index (χ4v) is 3.14. The van der Waals surface area contributed by atoms with E-state index in [1.54, 1.807) is 14.2 Å². The van der Waals surface area contributed by atoms with Gasteiger partial charge in [-0.25, -0.2) is 0 Å². The van der Waals surface area contributed by atoms with Gasteiger partial charge in [-0.3, -0.25) is 4.90 Å². The van der Waals surface area contributed by atoms with Crippen LogP contribution in [0.3, 0.4) is 0 Å². The second-order valence-electron chi connectivity index (χ2n) is 5.89. The molecule has 1 aliphatic heterocycles. The Kier molecular flexibility index (Phi) is 5.88. The van der Waals surface area contributed by atoms with Crippen LogP contribution in [0.1, 0.15) is 38.2 Å². The van der Waals surface area contributed by atoms with Gasteiger partial charge >= 0.3 is 0 Å². The van der Waals surface area contributed by atoms with Crippen molar-refractivity contribution in [3.63, 3.8) is 0 Å². The molecule has 1 heterocycles. The normalized spacial score (nSPS) is 21.0. The molecule has 1 N–H and O–H groups in total. The molecule has 0 amide bonds. The number of likely N-dealkylation sites (tertiary alicyclic amines) is 1. The highest BCUT2D eigenvalue weighted by atomic mass is 16.5. The number of aliphatic hydroxyl groups excluding tert-OH is 1. The first kappa shape index (κ1) is 16.1. The van der Waals surface area contributed by atoms with Crippen molar-refractivity contribution in [2.45, 2.75) is 51.3 Å². The standard InChI is InChI=1S/C17H27NO3/c1-13(19)10-15-6-4-5-9-18(15)12-14-7-8-16(20-2)17(11-14)21-3/h7-8,11,13,15,19H,4-6,9-10,12H2,1-3H3. The Labute approximate surface area is 127 Å². The van der Waals surface area contributed by atoms with Crippen LogP contribution in [0.4, 0.5) is 0 Å². The van der Waals surface area contributed by atoms with Crippen molar-refractivity contribution in [1.29, 1.82) is 0 Å². The van der Waals surface area contributed by atoms with Crippen LogP contribution in [0, 0.1) is 0 Å². The highest BCUT2D eigenvalue weighted by Crippen LogP contribution is 2.29. The quantitative estimate of drug-likeness (QED) is 0.876. The Morgan fingerprint density at radius 2 is 2.00 bits per heavy atom. The van der Waals surface area contributed by atoms with E-state index in [-0.39, 0.29) is 6.10 Å². The van der Waals surface area contributed by atoms with Crippen molar-refractivity contribution in [2.24, 2.45) is 0 Å². The van der Waals surface area contributed by atoms with Crippen molar-refractivity contribution in [3.8, 4) is 11.5 Å². The predicted molar refractivity (Wildman–Crippen MR) is 83.9 cm³/mol. The minimum absolute atomic E-state index is 0.235. The van der Waals surface area contributed by atoms with Crippen molar-refractivity contribution in [1.82, 2.24) is 4.90 Å². The first-order valence-electron chi connectivity index (χ1n) is 7.77. The lowest BCUT2D eigenvalue weighted by Crippen LogP contribution is -2.40. The van der Waals surface area contributed by atoms with Crippen LogP contribution in [0.25, 0.3) is 0 Å². The zero-order valence-electron chi connectivity index (χ0n) is 13.3. The highest BCUT2D eigenvalue weighted by molar-refractivity contribution is 5.42. The second kappa shape index (κ2) is 7.66. The van der Waals surface area contributed by atoms with Gasteiger partial charge in [0.05, 0.1) is 20.3 Å². The van der Waals surface area contributed by atoms with Gasteiger partial charge in [-0.05, 0) is 50.4 Å². The monoisotopic (exact) mass is 293 g/mol. The number of hydrogen-bond donors (Lipinski definition) is 1. The molecule has 1 saturated heterocycles. The van der Waals surface area contributed by atoms with Crippen LogP contribution in [0.15, 0.2) is 18.2 Å². The van der Waals surface area contributed by atoms with Gasteiger partial charge in [0, 0.05) is 12.6 Å². The number of ether oxygens (including phenoxy) is 2. The van der Waals surface area contributed by atoms with Gasteiger partial charge in [0.2, 0.25) is 0 Å². The number of rotatable bonds is 6. The molecule has 0 saturated carbocycles. The summed E-state index contributed by atoms with van der Waals surface area (Å²) in [5.41, 5.74) is 1.23. The van der Waals surface area contributed by atoms with Crippen molar-refractivity contribution >= 4 is 0 Å². The third-order valence-corrected chi connectivity index (χ3v) is 4.20. The van der Waals surface area contributed by atoms with Gasteiger partial charge in [-0.1, -0.05) is 12.5 Å². The summed E-state index contributed by atoms with van der Waals surface area (Å²) < 4.78 is 10.7. The zero-order chi connectivity index (χ0) is 15.2. The van der Waals surface area contributed by atoms with Crippen LogP contribution in [0.5, 0.6) is 11.5 Å². The fourth-order valence-electron chi connectivity index (χ4n) is 3.14. The van der Waals surface area contributed by atoms with Crippen LogP contribution in [0.2, 0.25) is 0 Å². The SMILES string of the molecule is COc1ccc(CN2CCCCC2CC(C)O)cc1OC. The summed E-state index contributed by atoms with van der Waals surface area (Å²) in [5.74, 6) is 1.54. The molecule has 1 aromatic rings. The van der Waals surface area contributed by atoms with E-state index < -0.39 is 0 Å². The molecule has 118 valence electrons. The van der Waals surface area contributed by atoms with E-state index in [2.05, 4.69) is 11.0 Å². The molecule has 2 unspecified atom stereocenters.